The Balaban J connectivity index is 2.09. The highest BCUT2D eigenvalue weighted by molar-refractivity contribution is 4.83. The fraction of sp³-hybridized carbons (Fsp3) is 0.800. The summed E-state index contributed by atoms with van der Waals surface area (Å²) < 4.78 is 0. The lowest BCUT2D eigenvalue weighted by molar-refractivity contribution is 0.238. The second-order valence-corrected chi connectivity index (χ2v) is 3.55. The van der Waals surface area contributed by atoms with Crippen LogP contribution in [0, 0.1) is 0 Å². The average Bonchev–Trinajstić information content (AvgIpc) is 2.09. The van der Waals surface area contributed by atoms with Gasteiger partial charge in [-0.05, 0) is 39.9 Å². The van der Waals surface area contributed by atoms with Crippen LogP contribution in [0.25, 0.3) is 0 Å². The molecule has 0 atom stereocenters. The zero-order valence-corrected chi connectivity index (χ0v) is 8.21. The van der Waals surface area contributed by atoms with E-state index in [9.17, 15) is 0 Å². The topological polar surface area (TPSA) is 15.3 Å². The van der Waals surface area contributed by atoms with Crippen molar-refractivity contribution in [2.45, 2.75) is 25.8 Å². The van der Waals surface area contributed by atoms with Gasteiger partial charge >= 0.3 is 0 Å². The lowest BCUT2D eigenvalue weighted by Gasteiger charge is -2.29. The quantitative estimate of drug-likeness (QED) is 0.638. The monoisotopic (exact) mass is 168 g/mol. The average molecular weight is 168 g/mol. The predicted octanol–water partition coefficient (Wildman–Crippen LogP) is 1.25. The predicted molar refractivity (Wildman–Crippen MR) is 53.3 cm³/mol. The second kappa shape index (κ2) is 5.33. The van der Waals surface area contributed by atoms with Crippen LogP contribution < -0.4 is 5.32 Å². The molecule has 0 aromatic rings. The third kappa shape index (κ3) is 3.37. The van der Waals surface area contributed by atoms with Crippen LogP contribution in [0.5, 0.6) is 0 Å². The van der Waals surface area contributed by atoms with E-state index in [1.165, 1.54) is 25.9 Å². The molecule has 1 fully saturated rings. The van der Waals surface area contributed by atoms with E-state index in [1.807, 2.05) is 0 Å². The van der Waals surface area contributed by atoms with Gasteiger partial charge in [0.25, 0.3) is 0 Å². The lowest BCUT2D eigenvalue weighted by Crippen LogP contribution is -2.40. The highest BCUT2D eigenvalue weighted by Crippen LogP contribution is 2.07. The summed E-state index contributed by atoms with van der Waals surface area (Å²) in [5.74, 6) is 0. The number of piperidine rings is 1. The fourth-order valence-corrected chi connectivity index (χ4v) is 1.57. The molecule has 0 aromatic carbocycles. The maximum Gasteiger partial charge on any atom is 0.0137 e. The van der Waals surface area contributed by atoms with Crippen LogP contribution in [0.1, 0.15) is 19.8 Å². The van der Waals surface area contributed by atoms with Gasteiger partial charge in [-0.25, -0.2) is 0 Å². The molecule has 1 heterocycles. The van der Waals surface area contributed by atoms with Gasteiger partial charge in [0.1, 0.15) is 0 Å². The van der Waals surface area contributed by atoms with Gasteiger partial charge < -0.3 is 10.2 Å². The number of hydrogen-bond donors (Lipinski definition) is 1. The van der Waals surface area contributed by atoms with Crippen molar-refractivity contribution in [2.24, 2.45) is 0 Å². The van der Waals surface area contributed by atoms with E-state index < -0.39 is 0 Å². The minimum absolute atomic E-state index is 0.748. The fourth-order valence-electron chi connectivity index (χ4n) is 1.57. The Bertz CT molecular complexity index is 135. The Labute approximate surface area is 75.6 Å². The van der Waals surface area contributed by atoms with Crippen molar-refractivity contribution in [1.29, 1.82) is 0 Å². The number of rotatable bonds is 3. The Hall–Kier alpha value is -0.340. The van der Waals surface area contributed by atoms with Crippen LogP contribution in [0.2, 0.25) is 0 Å². The summed E-state index contributed by atoms with van der Waals surface area (Å²) in [4.78, 5) is 2.40. The van der Waals surface area contributed by atoms with Crippen LogP contribution in [0.15, 0.2) is 12.2 Å². The summed E-state index contributed by atoms with van der Waals surface area (Å²) in [6, 6.07) is 0.748. The summed E-state index contributed by atoms with van der Waals surface area (Å²) in [5.41, 5.74) is 0. The highest BCUT2D eigenvalue weighted by atomic mass is 15.1. The third-order valence-electron chi connectivity index (χ3n) is 2.48. The van der Waals surface area contributed by atoms with E-state index in [0.29, 0.717) is 0 Å². The van der Waals surface area contributed by atoms with Gasteiger partial charge in [-0.15, -0.1) is 0 Å². The molecule has 2 heteroatoms. The number of nitrogens with zero attached hydrogens (tertiary/aromatic N) is 1. The molecule has 0 aromatic heterocycles. The summed E-state index contributed by atoms with van der Waals surface area (Å²) in [7, 11) is 2.20. The molecule has 1 aliphatic rings. The van der Waals surface area contributed by atoms with Gasteiger partial charge in [-0.1, -0.05) is 12.2 Å². The van der Waals surface area contributed by atoms with Crippen molar-refractivity contribution in [2.75, 3.05) is 26.7 Å². The Morgan fingerprint density at radius 2 is 2.08 bits per heavy atom. The Morgan fingerprint density at radius 3 is 2.67 bits per heavy atom. The number of allylic oxidation sites excluding steroid dienone is 1. The molecule has 1 N–H and O–H groups in total. The molecule has 2 nitrogen and oxygen atoms in total. The molecule has 1 saturated heterocycles. The van der Waals surface area contributed by atoms with Crippen molar-refractivity contribution in [3.8, 4) is 0 Å². The van der Waals surface area contributed by atoms with Gasteiger partial charge in [0.2, 0.25) is 0 Å². The molecule has 0 aliphatic carbocycles. The van der Waals surface area contributed by atoms with Crippen molar-refractivity contribution >= 4 is 0 Å². The first-order valence-electron chi connectivity index (χ1n) is 4.86. The van der Waals surface area contributed by atoms with Crippen molar-refractivity contribution in [3.63, 3.8) is 0 Å². The van der Waals surface area contributed by atoms with Gasteiger partial charge in [-0.3, -0.25) is 0 Å². The summed E-state index contributed by atoms with van der Waals surface area (Å²) in [6.45, 7) is 5.59. The van der Waals surface area contributed by atoms with Crippen molar-refractivity contribution < 1.29 is 0 Å². The minimum atomic E-state index is 0.748. The van der Waals surface area contributed by atoms with Crippen LogP contribution in [0.4, 0.5) is 0 Å². The smallest absolute Gasteiger partial charge is 0.0137 e. The zero-order valence-electron chi connectivity index (χ0n) is 8.21. The van der Waals surface area contributed by atoms with E-state index in [0.717, 1.165) is 12.6 Å². The molecule has 1 rings (SSSR count). The normalized spacial score (nSPS) is 22.2. The van der Waals surface area contributed by atoms with E-state index in [4.69, 9.17) is 0 Å². The summed E-state index contributed by atoms with van der Waals surface area (Å²) in [5, 5.41) is 3.53. The van der Waals surface area contributed by atoms with Crippen LogP contribution in [-0.4, -0.2) is 37.6 Å². The molecule has 0 bridgehead atoms. The van der Waals surface area contributed by atoms with E-state index in [2.05, 4.69) is 36.3 Å². The maximum atomic E-state index is 3.53. The van der Waals surface area contributed by atoms with Gasteiger partial charge in [0.05, 0.1) is 0 Å². The van der Waals surface area contributed by atoms with E-state index in [-0.39, 0.29) is 0 Å². The van der Waals surface area contributed by atoms with Crippen LogP contribution in [0.3, 0.4) is 0 Å². The molecular formula is C10H20N2. The Morgan fingerprint density at radius 1 is 1.42 bits per heavy atom. The van der Waals surface area contributed by atoms with Crippen molar-refractivity contribution in [3.05, 3.63) is 12.2 Å². The molecule has 0 saturated carbocycles. The zero-order chi connectivity index (χ0) is 8.81. The lowest BCUT2D eigenvalue weighted by atomic mass is 10.1. The number of nitrogens with one attached hydrogen (secondary N) is 1. The summed E-state index contributed by atoms with van der Waals surface area (Å²) in [6.07, 6.45) is 6.88. The maximum absolute atomic E-state index is 3.53. The molecule has 0 spiro atoms. The minimum Gasteiger partial charge on any atom is -0.310 e. The van der Waals surface area contributed by atoms with Crippen LogP contribution >= 0.6 is 0 Å². The molecule has 0 radical (unpaired) electrons. The first kappa shape index (κ1) is 9.75. The highest BCUT2D eigenvalue weighted by Gasteiger charge is 2.14. The summed E-state index contributed by atoms with van der Waals surface area (Å²) >= 11 is 0. The number of likely N-dealkylation sites (tertiary alicyclic amines) is 1. The SMILES string of the molecule is C/C=C/CNC1CCN(C)CC1. The van der Waals surface area contributed by atoms with E-state index in [1.54, 1.807) is 0 Å². The van der Waals surface area contributed by atoms with Gasteiger partial charge in [0.15, 0.2) is 0 Å². The molecule has 1 aliphatic heterocycles. The second-order valence-electron chi connectivity index (χ2n) is 3.55. The first-order valence-corrected chi connectivity index (χ1v) is 4.86. The Kier molecular flexibility index (Phi) is 4.33. The third-order valence-corrected chi connectivity index (χ3v) is 2.48. The van der Waals surface area contributed by atoms with E-state index >= 15 is 0 Å². The first-order chi connectivity index (χ1) is 5.83. The molecule has 70 valence electrons. The van der Waals surface area contributed by atoms with Gasteiger partial charge in [-0.2, -0.15) is 0 Å². The molecule has 0 amide bonds. The van der Waals surface area contributed by atoms with Crippen LogP contribution in [-0.2, 0) is 0 Å². The standard InChI is InChI=1S/C10H20N2/c1-3-4-7-11-10-5-8-12(2)9-6-10/h3-4,10-11H,5-9H2,1-2H3/b4-3+. The van der Waals surface area contributed by atoms with Gasteiger partial charge in [0, 0.05) is 12.6 Å². The largest absolute Gasteiger partial charge is 0.310 e. The number of hydrogen-bond acceptors (Lipinski definition) is 2. The molecule has 0 unspecified atom stereocenters. The molecule has 12 heavy (non-hydrogen) atoms. The molecular weight excluding hydrogens is 148 g/mol. The van der Waals surface area contributed by atoms with Crippen molar-refractivity contribution in [1.82, 2.24) is 10.2 Å².